The summed E-state index contributed by atoms with van der Waals surface area (Å²) in [6, 6.07) is 16.7. The highest BCUT2D eigenvalue weighted by molar-refractivity contribution is 5.86. The molecule has 0 bridgehead atoms. The van der Waals surface area contributed by atoms with Crippen molar-refractivity contribution in [1.82, 2.24) is 5.32 Å². The Labute approximate surface area is 126 Å². The summed E-state index contributed by atoms with van der Waals surface area (Å²) in [5.41, 5.74) is 5.04. The minimum atomic E-state index is -0.0502. The standard InChI is InChI=1S/C19H21NO/c1-2-14-7-9-15(10-8-14)11-19(21)18-12-16-5-3-4-6-17(16)13-20-18/h3-10,18,20H,2,11-13H2,1H3. The fraction of sp³-hybridized carbons (Fsp3) is 0.316. The maximum Gasteiger partial charge on any atom is 0.154 e. The van der Waals surface area contributed by atoms with Gasteiger partial charge in [0.15, 0.2) is 5.78 Å². The molecule has 1 heterocycles. The highest BCUT2D eigenvalue weighted by Crippen LogP contribution is 2.17. The molecule has 1 aliphatic rings. The van der Waals surface area contributed by atoms with E-state index in [0.29, 0.717) is 6.42 Å². The fourth-order valence-electron chi connectivity index (χ4n) is 2.90. The van der Waals surface area contributed by atoms with Crippen molar-refractivity contribution in [3.63, 3.8) is 0 Å². The van der Waals surface area contributed by atoms with Gasteiger partial charge in [0, 0.05) is 13.0 Å². The summed E-state index contributed by atoms with van der Waals surface area (Å²) in [5, 5.41) is 3.37. The van der Waals surface area contributed by atoms with Crippen LogP contribution in [0.5, 0.6) is 0 Å². The van der Waals surface area contributed by atoms with E-state index < -0.39 is 0 Å². The van der Waals surface area contributed by atoms with Gasteiger partial charge in [0.05, 0.1) is 6.04 Å². The van der Waals surface area contributed by atoms with Crippen molar-refractivity contribution in [2.45, 2.75) is 38.8 Å². The number of benzene rings is 2. The van der Waals surface area contributed by atoms with Crippen molar-refractivity contribution in [3.8, 4) is 0 Å². The first-order valence-electron chi connectivity index (χ1n) is 7.67. The van der Waals surface area contributed by atoms with E-state index in [1.807, 2.05) is 0 Å². The van der Waals surface area contributed by atoms with Crippen LogP contribution in [0, 0.1) is 0 Å². The van der Waals surface area contributed by atoms with Gasteiger partial charge in [-0.05, 0) is 35.1 Å². The molecular weight excluding hydrogens is 258 g/mol. The van der Waals surface area contributed by atoms with Gasteiger partial charge in [-0.1, -0.05) is 55.5 Å². The molecule has 0 aliphatic carbocycles. The van der Waals surface area contributed by atoms with Crippen LogP contribution in [0.2, 0.25) is 0 Å². The van der Waals surface area contributed by atoms with Crippen LogP contribution in [0.15, 0.2) is 48.5 Å². The van der Waals surface area contributed by atoms with Crippen molar-refractivity contribution in [3.05, 3.63) is 70.8 Å². The molecule has 0 amide bonds. The summed E-state index contributed by atoms with van der Waals surface area (Å²) in [6.45, 7) is 2.94. The van der Waals surface area contributed by atoms with E-state index in [0.717, 1.165) is 24.9 Å². The van der Waals surface area contributed by atoms with Gasteiger partial charge in [-0.2, -0.15) is 0 Å². The maximum atomic E-state index is 12.5. The molecule has 0 saturated heterocycles. The SMILES string of the molecule is CCc1ccc(CC(=O)C2Cc3ccccc3CN2)cc1. The van der Waals surface area contributed by atoms with Gasteiger partial charge in [0.25, 0.3) is 0 Å². The lowest BCUT2D eigenvalue weighted by Gasteiger charge is -2.25. The van der Waals surface area contributed by atoms with Crippen LogP contribution in [-0.2, 0) is 30.6 Å². The lowest BCUT2D eigenvalue weighted by molar-refractivity contribution is -0.120. The molecule has 2 aromatic carbocycles. The van der Waals surface area contributed by atoms with Crippen molar-refractivity contribution in [2.24, 2.45) is 0 Å². The summed E-state index contributed by atoms with van der Waals surface area (Å²) in [7, 11) is 0. The number of Topliss-reactive ketones (excluding diaryl/α,β-unsaturated/α-hetero) is 1. The van der Waals surface area contributed by atoms with E-state index >= 15 is 0 Å². The second-order valence-corrected chi connectivity index (χ2v) is 5.72. The number of fused-ring (bicyclic) bond motifs is 1. The number of hydrogen-bond acceptors (Lipinski definition) is 2. The van der Waals surface area contributed by atoms with Crippen LogP contribution >= 0.6 is 0 Å². The quantitative estimate of drug-likeness (QED) is 0.932. The lowest BCUT2D eigenvalue weighted by Crippen LogP contribution is -2.42. The van der Waals surface area contributed by atoms with E-state index in [2.05, 4.69) is 60.8 Å². The molecule has 0 saturated carbocycles. The third-order valence-electron chi connectivity index (χ3n) is 4.28. The summed E-state index contributed by atoms with van der Waals surface area (Å²) < 4.78 is 0. The van der Waals surface area contributed by atoms with Crippen LogP contribution in [0.1, 0.15) is 29.2 Å². The number of aryl methyl sites for hydroxylation is 1. The average Bonchev–Trinajstić information content (AvgIpc) is 2.55. The van der Waals surface area contributed by atoms with Gasteiger partial charge in [-0.3, -0.25) is 4.79 Å². The number of nitrogens with one attached hydrogen (secondary N) is 1. The summed E-state index contributed by atoms with van der Waals surface area (Å²) in [5.74, 6) is 0.286. The lowest BCUT2D eigenvalue weighted by atomic mass is 9.91. The Morgan fingerprint density at radius 3 is 2.43 bits per heavy atom. The molecule has 0 aromatic heterocycles. The van der Waals surface area contributed by atoms with Gasteiger partial charge in [-0.15, -0.1) is 0 Å². The highest BCUT2D eigenvalue weighted by Gasteiger charge is 2.23. The molecule has 21 heavy (non-hydrogen) atoms. The molecule has 0 spiro atoms. The minimum Gasteiger partial charge on any atom is -0.303 e. The number of carbonyl (C=O) groups is 1. The maximum absolute atomic E-state index is 12.5. The molecule has 0 fully saturated rings. The number of ketones is 1. The predicted octanol–water partition coefficient (Wildman–Crippen LogP) is 3.08. The van der Waals surface area contributed by atoms with Gasteiger partial charge in [0.2, 0.25) is 0 Å². The van der Waals surface area contributed by atoms with Gasteiger partial charge < -0.3 is 5.32 Å². The molecule has 1 aliphatic heterocycles. The average molecular weight is 279 g/mol. The molecule has 1 N–H and O–H groups in total. The molecule has 1 unspecified atom stereocenters. The Kier molecular flexibility index (Phi) is 4.16. The summed E-state index contributed by atoms with van der Waals surface area (Å²) in [4.78, 5) is 12.5. The topological polar surface area (TPSA) is 29.1 Å². The van der Waals surface area contributed by atoms with Crippen LogP contribution in [0.3, 0.4) is 0 Å². The van der Waals surface area contributed by atoms with Crippen LogP contribution < -0.4 is 5.32 Å². The molecule has 3 rings (SSSR count). The Morgan fingerprint density at radius 1 is 1.05 bits per heavy atom. The first-order valence-corrected chi connectivity index (χ1v) is 7.67. The van der Waals surface area contributed by atoms with Crippen molar-refractivity contribution in [1.29, 1.82) is 0 Å². The Bertz CT molecular complexity index is 630. The van der Waals surface area contributed by atoms with Gasteiger partial charge in [-0.25, -0.2) is 0 Å². The van der Waals surface area contributed by atoms with Crippen LogP contribution in [-0.4, -0.2) is 11.8 Å². The monoisotopic (exact) mass is 279 g/mol. The predicted molar refractivity (Wildman–Crippen MR) is 85.3 cm³/mol. The van der Waals surface area contributed by atoms with Gasteiger partial charge in [0.1, 0.15) is 0 Å². The number of hydrogen-bond donors (Lipinski definition) is 1. The zero-order valence-corrected chi connectivity index (χ0v) is 12.4. The van der Waals surface area contributed by atoms with Crippen molar-refractivity contribution in [2.75, 3.05) is 0 Å². The highest BCUT2D eigenvalue weighted by atomic mass is 16.1. The number of rotatable bonds is 4. The Morgan fingerprint density at radius 2 is 1.71 bits per heavy atom. The first-order chi connectivity index (χ1) is 10.3. The zero-order chi connectivity index (χ0) is 14.7. The van der Waals surface area contributed by atoms with Crippen molar-refractivity contribution < 1.29 is 4.79 Å². The normalized spacial score (nSPS) is 17.3. The third kappa shape index (κ3) is 3.22. The van der Waals surface area contributed by atoms with Gasteiger partial charge >= 0.3 is 0 Å². The molecule has 2 aromatic rings. The molecule has 1 atom stereocenters. The fourth-order valence-corrected chi connectivity index (χ4v) is 2.90. The number of carbonyl (C=O) groups excluding carboxylic acids is 1. The molecule has 0 radical (unpaired) electrons. The molecular formula is C19H21NO. The second kappa shape index (κ2) is 6.23. The minimum absolute atomic E-state index is 0.0502. The van der Waals surface area contributed by atoms with E-state index in [1.165, 1.54) is 16.7 Å². The summed E-state index contributed by atoms with van der Waals surface area (Å²) in [6.07, 6.45) is 2.36. The molecule has 2 heteroatoms. The van der Waals surface area contributed by atoms with E-state index in [-0.39, 0.29) is 11.8 Å². The summed E-state index contributed by atoms with van der Waals surface area (Å²) >= 11 is 0. The van der Waals surface area contributed by atoms with E-state index in [4.69, 9.17) is 0 Å². The van der Waals surface area contributed by atoms with E-state index in [1.54, 1.807) is 0 Å². The largest absolute Gasteiger partial charge is 0.303 e. The smallest absolute Gasteiger partial charge is 0.154 e. The second-order valence-electron chi connectivity index (χ2n) is 5.72. The van der Waals surface area contributed by atoms with Crippen molar-refractivity contribution >= 4 is 5.78 Å². The molecule has 108 valence electrons. The van der Waals surface area contributed by atoms with Crippen LogP contribution in [0.25, 0.3) is 0 Å². The zero-order valence-electron chi connectivity index (χ0n) is 12.4. The first kappa shape index (κ1) is 14.0. The third-order valence-corrected chi connectivity index (χ3v) is 4.28. The van der Waals surface area contributed by atoms with Crippen LogP contribution in [0.4, 0.5) is 0 Å². The molecule has 2 nitrogen and oxygen atoms in total. The Hall–Kier alpha value is -1.93. The van der Waals surface area contributed by atoms with E-state index in [9.17, 15) is 4.79 Å². The Balaban J connectivity index is 1.66.